The molecule has 6 heteroatoms. The third-order valence-electron chi connectivity index (χ3n) is 5.51. The quantitative estimate of drug-likeness (QED) is 0.347. The normalized spacial score (nSPS) is 13.0. The number of para-hydroxylation sites is 2. The molecule has 0 heterocycles. The largest absolute Gasteiger partial charge is 0.397 e. The second-order valence-corrected chi connectivity index (χ2v) is 8.15. The Balaban J connectivity index is 1.32. The molecule has 6 nitrogen and oxygen atoms in total. The molecule has 3 aromatic rings. The van der Waals surface area contributed by atoms with Crippen molar-refractivity contribution in [1.82, 2.24) is 10.2 Å². The van der Waals surface area contributed by atoms with Crippen LogP contribution < -0.4 is 16.4 Å². The fraction of sp³-hybridized carbons (Fsp3) is 0.185. The number of carbonyl (C=O) groups excluding carboxylic acids is 2. The van der Waals surface area contributed by atoms with E-state index in [9.17, 15) is 9.59 Å². The molecule has 0 bridgehead atoms. The van der Waals surface area contributed by atoms with Crippen LogP contribution in [0.25, 0.3) is 6.08 Å². The van der Waals surface area contributed by atoms with Gasteiger partial charge in [0.1, 0.15) is 0 Å². The predicted molar refractivity (Wildman–Crippen MR) is 132 cm³/mol. The van der Waals surface area contributed by atoms with Crippen molar-refractivity contribution in [2.45, 2.75) is 32.0 Å². The van der Waals surface area contributed by atoms with Crippen molar-refractivity contribution in [3.05, 3.63) is 102 Å². The van der Waals surface area contributed by atoms with Crippen LogP contribution in [0.1, 0.15) is 29.5 Å². The monoisotopic (exact) mass is 440 g/mol. The Morgan fingerprint density at radius 2 is 1.61 bits per heavy atom. The molecular formula is C27H28N4O2. The molecule has 3 aromatic carbocycles. The van der Waals surface area contributed by atoms with Gasteiger partial charge in [-0.05, 0) is 47.7 Å². The molecule has 33 heavy (non-hydrogen) atoms. The molecule has 0 atom stereocenters. The number of hydrogen-bond acceptors (Lipinski definition) is 3. The molecule has 3 amide bonds. The average Bonchev–Trinajstić information content (AvgIpc) is 3.68. The number of nitrogens with one attached hydrogen (secondary N) is 2. The van der Waals surface area contributed by atoms with E-state index in [1.807, 2.05) is 71.6 Å². The predicted octanol–water partition coefficient (Wildman–Crippen LogP) is 4.79. The summed E-state index contributed by atoms with van der Waals surface area (Å²) in [6.45, 7) is 1.08. The molecule has 0 spiro atoms. The second-order valence-electron chi connectivity index (χ2n) is 8.15. The molecule has 0 saturated heterocycles. The Morgan fingerprint density at radius 3 is 2.30 bits per heavy atom. The lowest BCUT2D eigenvalue weighted by molar-refractivity contribution is -0.111. The summed E-state index contributed by atoms with van der Waals surface area (Å²) in [5, 5.41) is 5.80. The summed E-state index contributed by atoms with van der Waals surface area (Å²) in [5.41, 5.74) is 10.0. The molecule has 1 saturated carbocycles. The van der Waals surface area contributed by atoms with Gasteiger partial charge in [0.05, 0.1) is 11.4 Å². The number of carbonyl (C=O) groups is 2. The maximum Gasteiger partial charge on any atom is 0.318 e. The fourth-order valence-electron chi connectivity index (χ4n) is 3.52. The molecule has 0 aliphatic heterocycles. The van der Waals surface area contributed by atoms with E-state index in [0.29, 0.717) is 30.5 Å². The number of nitrogens with zero attached hydrogens (tertiary/aromatic N) is 1. The van der Waals surface area contributed by atoms with Gasteiger partial charge in [0.15, 0.2) is 0 Å². The van der Waals surface area contributed by atoms with Gasteiger partial charge in [-0.2, -0.15) is 0 Å². The van der Waals surface area contributed by atoms with Crippen molar-refractivity contribution in [1.29, 1.82) is 0 Å². The highest BCUT2D eigenvalue weighted by Gasteiger charge is 2.32. The van der Waals surface area contributed by atoms with Crippen molar-refractivity contribution in [2.75, 3.05) is 11.1 Å². The highest BCUT2D eigenvalue weighted by Crippen LogP contribution is 2.28. The lowest BCUT2D eigenvalue weighted by atomic mass is 10.1. The molecule has 168 valence electrons. The van der Waals surface area contributed by atoms with Crippen LogP contribution in [0.4, 0.5) is 16.2 Å². The Bertz CT molecular complexity index is 1120. The Hall–Kier alpha value is -4.06. The van der Waals surface area contributed by atoms with Gasteiger partial charge < -0.3 is 21.3 Å². The van der Waals surface area contributed by atoms with Crippen molar-refractivity contribution in [2.24, 2.45) is 0 Å². The van der Waals surface area contributed by atoms with E-state index in [-0.39, 0.29) is 11.9 Å². The maximum atomic E-state index is 12.8. The minimum absolute atomic E-state index is 0.0396. The van der Waals surface area contributed by atoms with Gasteiger partial charge in [-0.1, -0.05) is 66.7 Å². The van der Waals surface area contributed by atoms with Gasteiger partial charge in [-0.15, -0.1) is 0 Å². The van der Waals surface area contributed by atoms with Gasteiger partial charge >= 0.3 is 6.03 Å². The number of hydrogen-bond donors (Lipinski definition) is 3. The number of nitrogens with two attached hydrogens (primary N) is 1. The summed E-state index contributed by atoms with van der Waals surface area (Å²) >= 11 is 0. The first-order valence-corrected chi connectivity index (χ1v) is 11.1. The van der Waals surface area contributed by atoms with E-state index in [2.05, 4.69) is 10.6 Å². The smallest absolute Gasteiger partial charge is 0.318 e. The van der Waals surface area contributed by atoms with Crippen molar-refractivity contribution < 1.29 is 9.59 Å². The fourth-order valence-corrected chi connectivity index (χ4v) is 3.52. The molecule has 4 N–H and O–H groups in total. The zero-order valence-electron chi connectivity index (χ0n) is 18.4. The van der Waals surface area contributed by atoms with Gasteiger partial charge in [-0.3, -0.25) is 4.79 Å². The van der Waals surface area contributed by atoms with Crippen LogP contribution in [0.2, 0.25) is 0 Å². The minimum Gasteiger partial charge on any atom is -0.397 e. The van der Waals surface area contributed by atoms with E-state index in [1.165, 1.54) is 6.08 Å². The molecule has 1 aliphatic carbocycles. The first-order chi connectivity index (χ1) is 16.1. The van der Waals surface area contributed by atoms with E-state index >= 15 is 0 Å². The Labute approximate surface area is 194 Å². The molecule has 1 aliphatic rings. The zero-order chi connectivity index (χ0) is 23.0. The highest BCUT2D eigenvalue weighted by molar-refractivity contribution is 6.03. The number of anilines is 2. The van der Waals surface area contributed by atoms with Crippen LogP contribution in [0.3, 0.4) is 0 Å². The van der Waals surface area contributed by atoms with E-state index in [4.69, 9.17) is 5.73 Å². The molecule has 0 radical (unpaired) electrons. The third kappa shape index (κ3) is 6.46. The van der Waals surface area contributed by atoms with Crippen LogP contribution in [0, 0.1) is 0 Å². The summed E-state index contributed by atoms with van der Waals surface area (Å²) in [5.74, 6) is -0.244. The Kier molecular flexibility index (Phi) is 7.05. The summed E-state index contributed by atoms with van der Waals surface area (Å²) in [6.07, 6.45) is 5.32. The van der Waals surface area contributed by atoms with Crippen LogP contribution in [-0.4, -0.2) is 22.9 Å². The van der Waals surface area contributed by atoms with Crippen LogP contribution in [0.5, 0.6) is 0 Å². The molecule has 0 aromatic heterocycles. The molecular weight excluding hydrogens is 412 g/mol. The summed E-state index contributed by atoms with van der Waals surface area (Å²) < 4.78 is 0. The minimum atomic E-state index is -0.244. The number of urea groups is 1. The summed E-state index contributed by atoms with van der Waals surface area (Å²) in [4.78, 5) is 26.8. The lowest BCUT2D eigenvalue weighted by Crippen LogP contribution is -2.40. The van der Waals surface area contributed by atoms with Gasteiger partial charge in [-0.25, -0.2) is 4.79 Å². The topological polar surface area (TPSA) is 87.5 Å². The molecule has 4 rings (SSSR count). The average molecular weight is 441 g/mol. The van der Waals surface area contributed by atoms with E-state index in [1.54, 1.807) is 18.2 Å². The second kappa shape index (κ2) is 10.5. The number of amides is 3. The number of benzene rings is 3. The van der Waals surface area contributed by atoms with Gasteiger partial charge in [0.2, 0.25) is 5.91 Å². The van der Waals surface area contributed by atoms with Crippen molar-refractivity contribution in [3.8, 4) is 0 Å². The molecule has 0 unspecified atom stereocenters. The lowest BCUT2D eigenvalue weighted by Gasteiger charge is -2.23. The molecule has 1 fully saturated rings. The van der Waals surface area contributed by atoms with Crippen molar-refractivity contribution >= 4 is 29.4 Å². The van der Waals surface area contributed by atoms with Crippen molar-refractivity contribution in [3.63, 3.8) is 0 Å². The maximum absolute atomic E-state index is 12.8. The first kappa shape index (κ1) is 22.1. The van der Waals surface area contributed by atoms with E-state index in [0.717, 1.165) is 29.5 Å². The number of nitrogen functional groups attached to an aromatic ring is 1. The first-order valence-electron chi connectivity index (χ1n) is 11.1. The Morgan fingerprint density at radius 1 is 0.909 bits per heavy atom. The van der Waals surface area contributed by atoms with Crippen LogP contribution in [0.15, 0.2) is 84.9 Å². The third-order valence-corrected chi connectivity index (χ3v) is 5.51. The summed E-state index contributed by atoms with van der Waals surface area (Å²) in [7, 11) is 0. The van der Waals surface area contributed by atoms with Crippen LogP contribution >= 0.6 is 0 Å². The standard InChI is InChI=1S/C27H28N4O2/c28-24-8-4-5-9-25(24)30-26(32)17-14-20-10-12-22(13-11-20)19-31(23-15-16-23)27(33)29-18-21-6-2-1-3-7-21/h1-14,17,23H,15-16,18-19,28H2,(H,29,33)(H,30,32)/b17-14+. The SMILES string of the molecule is Nc1ccccc1NC(=O)/C=C/c1ccc(CN(C(=O)NCc2ccccc2)C2CC2)cc1. The number of rotatable bonds is 8. The van der Waals surface area contributed by atoms with Gasteiger partial charge in [0, 0.05) is 25.2 Å². The van der Waals surface area contributed by atoms with Gasteiger partial charge in [0.25, 0.3) is 0 Å². The zero-order valence-corrected chi connectivity index (χ0v) is 18.4. The summed E-state index contributed by atoms with van der Waals surface area (Å²) in [6, 6.07) is 25.2. The highest BCUT2D eigenvalue weighted by atomic mass is 16.2. The van der Waals surface area contributed by atoms with E-state index < -0.39 is 0 Å². The van der Waals surface area contributed by atoms with Crippen LogP contribution in [-0.2, 0) is 17.9 Å².